The lowest BCUT2D eigenvalue weighted by Gasteiger charge is -2.11. The highest BCUT2D eigenvalue weighted by Crippen LogP contribution is 2.48. The van der Waals surface area contributed by atoms with Gasteiger partial charge in [0.25, 0.3) is 0 Å². The zero-order valence-electron chi connectivity index (χ0n) is 24.5. The minimum absolute atomic E-state index is 1.25. The first-order valence-corrected chi connectivity index (χ1v) is 18.0. The van der Waals surface area contributed by atoms with Crippen LogP contribution in [0.1, 0.15) is 0 Å². The molecule has 0 aliphatic carbocycles. The van der Waals surface area contributed by atoms with E-state index in [-0.39, 0.29) is 0 Å². The van der Waals surface area contributed by atoms with Gasteiger partial charge in [-0.2, -0.15) is 0 Å². The van der Waals surface area contributed by atoms with Gasteiger partial charge in [-0.25, -0.2) is 0 Å². The molecule has 0 fully saturated rings. The number of thiophene rings is 3. The molecule has 0 N–H and O–H groups in total. The summed E-state index contributed by atoms with van der Waals surface area (Å²) in [7, 11) is 0. The van der Waals surface area contributed by atoms with Crippen molar-refractivity contribution in [3.05, 3.63) is 140 Å². The average Bonchev–Trinajstić information content (AvgIpc) is 3.86. The summed E-state index contributed by atoms with van der Waals surface area (Å²) in [4.78, 5) is 0. The number of hydrogen-bond acceptors (Lipinski definition) is 3. The number of aromatic nitrogens is 1. The van der Waals surface area contributed by atoms with E-state index in [0.29, 0.717) is 0 Å². The standard InChI is InChI=1S/C42H23NS3/c1-4-17-32-24(10-1)26-22-23-37-39(30-12-3-6-20-35(30)44-37)40(26)43(32)33-18-9-21-36-38(33)31-16-8-15-29(42(31)46-36)28-14-7-13-27-25-11-2-5-19-34(25)45-41(27)28/h1-23H. The van der Waals surface area contributed by atoms with Crippen LogP contribution in [0.2, 0.25) is 0 Å². The summed E-state index contributed by atoms with van der Waals surface area (Å²) in [6, 6.07) is 51.8. The summed E-state index contributed by atoms with van der Waals surface area (Å²) >= 11 is 5.72. The van der Waals surface area contributed by atoms with Crippen LogP contribution in [0, 0.1) is 0 Å². The zero-order chi connectivity index (χ0) is 29.9. The van der Waals surface area contributed by atoms with Crippen LogP contribution >= 0.6 is 34.0 Å². The third-order valence-electron chi connectivity index (χ3n) is 9.61. The Morgan fingerprint density at radius 2 is 0.935 bits per heavy atom. The lowest BCUT2D eigenvalue weighted by atomic mass is 10.00. The van der Waals surface area contributed by atoms with E-state index < -0.39 is 0 Å². The Bertz CT molecular complexity index is 3040. The molecule has 4 aromatic heterocycles. The van der Waals surface area contributed by atoms with Gasteiger partial charge in [0.15, 0.2) is 0 Å². The monoisotopic (exact) mass is 637 g/mol. The quantitative estimate of drug-likeness (QED) is 0.178. The Balaban J connectivity index is 1.27. The highest BCUT2D eigenvalue weighted by atomic mass is 32.1. The van der Waals surface area contributed by atoms with Crippen LogP contribution in [0.5, 0.6) is 0 Å². The topological polar surface area (TPSA) is 4.93 Å². The first kappa shape index (κ1) is 25.2. The first-order chi connectivity index (χ1) is 22.8. The SMILES string of the molecule is c1ccc2c(c1)sc1c(-c3cccc4c3sc3cccc(-n5c6ccccc6c6ccc7sc8ccccc8c7c65)c34)cccc12. The van der Waals surface area contributed by atoms with Gasteiger partial charge >= 0.3 is 0 Å². The van der Waals surface area contributed by atoms with E-state index in [9.17, 15) is 0 Å². The fourth-order valence-electron chi connectivity index (χ4n) is 7.70. The van der Waals surface area contributed by atoms with Crippen molar-refractivity contribution in [2.24, 2.45) is 0 Å². The molecule has 1 nitrogen and oxygen atoms in total. The van der Waals surface area contributed by atoms with E-state index in [1.54, 1.807) is 0 Å². The van der Waals surface area contributed by atoms with Gasteiger partial charge in [-0.3, -0.25) is 0 Å². The number of hydrogen-bond donors (Lipinski definition) is 0. The molecule has 46 heavy (non-hydrogen) atoms. The van der Waals surface area contributed by atoms with Crippen LogP contribution in [0.3, 0.4) is 0 Å². The minimum Gasteiger partial charge on any atom is -0.308 e. The Kier molecular flexibility index (Phi) is 5.08. The van der Waals surface area contributed by atoms with Crippen molar-refractivity contribution in [1.82, 2.24) is 4.57 Å². The second-order valence-corrected chi connectivity index (χ2v) is 15.2. The van der Waals surface area contributed by atoms with E-state index in [4.69, 9.17) is 0 Å². The Hall–Kier alpha value is -5.00. The number of nitrogens with zero attached hydrogens (tertiary/aromatic N) is 1. The maximum absolute atomic E-state index is 2.56. The molecule has 0 unspecified atom stereocenters. The van der Waals surface area contributed by atoms with Crippen LogP contribution in [0.4, 0.5) is 0 Å². The summed E-state index contributed by atoms with van der Waals surface area (Å²) in [5.41, 5.74) is 6.43. The fraction of sp³-hybridized carbons (Fsp3) is 0. The molecule has 7 aromatic carbocycles. The van der Waals surface area contributed by atoms with Gasteiger partial charge in [0.05, 0.1) is 16.7 Å². The van der Waals surface area contributed by atoms with Crippen molar-refractivity contribution in [2.75, 3.05) is 0 Å². The van der Waals surface area contributed by atoms with Crippen LogP contribution in [-0.4, -0.2) is 4.57 Å². The highest BCUT2D eigenvalue weighted by Gasteiger charge is 2.21. The second kappa shape index (κ2) is 9.27. The molecule has 0 radical (unpaired) electrons. The van der Waals surface area contributed by atoms with Crippen molar-refractivity contribution in [3.63, 3.8) is 0 Å². The Morgan fingerprint density at radius 1 is 0.348 bits per heavy atom. The summed E-state index contributed by atoms with van der Waals surface area (Å²) in [5.74, 6) is 0. The molecule has 11 aromatic rings. The van der Waals surface area contributed by atoms with Crippen molar-refractivity contribution in [2.45, 2.75) is 0 Å². The van der Waals surface area contributed by atoms with Gasteiger partial charge in [0.1, 0.15) is 0 Å². The molecule has 0 aliphatic heterocycles. The highest BCUT2D eigenvalue weighted by molar-refractivity contribution is 7.27. The lowest BCUT2D eigenvalue weighted by Crippen LogP contribution is -1.95. The third kappa shape index (κ3) is 3.28. The van der Waals surface area contributed by atoms with E-state index >= 15 is 0 Å². The molecule has 0 aliphatic rings. The van der Waals surface area contributed by atoms with Crippen LogP contribution in [0.25, 0.3) is 99.1 Å². The molecule has 214 valence electrons. The first-order valence-electron chi connectivity index (χ1n) is 15.5. The predicted octanol–water partition coefficient (Wildman–Crippen LogP) is 13.6. The molecule has 0 saturated carbocycles. The molecule has 4 heterocycles. The fourth-order valence-corrected chi connectivity index (χ4v) is 11.3. The number of fused-ring (bicyclic) bond motifs is 13. The molecular formula is C42H23NS3. The van der Waals surface area contributed by atoms with Gasteiger partial charge in [0.2, 0.25) is 0 Å². The van der Waals surface area contributed by atoms with Crippen LogP contribution < -0.4 is 0 Å². The van der Waals surface area contributed by atoms with E-state index in [2.05, 4.69) is 144 Å². The van der Waals surface area contributed by atoms with Gasteiger partial charge in [-0.05, 0) is 36.4 Å². The van der Waals surface area contributed by atoms with Gasteiger partial charge in [-0.1, -0.05) is 103 Å². The lowest BCUT2D eigenvalue weighted by molar-refractivity contribution is 1.21. The second-order valence-electron chi connectivity index (χ2n) is 12.0. The Labute approximate surface area is 275 Å². The van der Waals surface area contributed by atoms with Gasteiger partial charge in [-0.15, -0.1) is 34.0 Å². The summed E-state index contributed by atoms with van der Waals surface area (Å²) in [6.07, 6.45) is 0. The van der Waals surface area contributed by atoms with Crippen molar-refractivity contribution in [3.8, 4) is 16.8 Å². The van der Waals surface area contributed by atoms with Crippen molar-refractivity contribution in [1.29, 1.82) is 0 Å². The van der Waals surface area contributed by atoms with E-state index in [1.165, 1.54) is 99.1 Å². The molecule has 0 spiro atoms. The van der Waals surface area contributed by atoms with Gasteiger partial charge in [0, 0.05) is 82.4 Å². The zero-order valence-corrected chi connectivity index (χ0v) is 26.9. The largest absolute Gasteiger partial charge is 0.308 e. The molecule has 0 saturated heterocycles. The summed E-state index contributed by atoms with van der Waals surface area (Å²) < 4.78 is 10.6. The van der Waals surface area contributed by atoms with Crippen molar-refractivity contribution >= 4 is 116 Å². The summed E-state index contributed by atoms with van der Waals surface area (Å²) in [5, 5.41) is 10.6. The number of rotatable bonds is 2. The average molecular weight is 638 g/mol. The van der Waals surface area contributed by atoms with Crippen molar-refractivity contribution < 1.29 is 0 Å². The molecule has 0 atom stereocenters. The minimum atomic E-state index is 1.25. The van der Waals surface area contributed by atoms with Crippen LogP contribution in [-0.2, 0) is 0 Å². The predicted molar refractivity (Wildman–Crippen MR) is 205 cm³/mol. The molecular weight excluding hydrogens is 615 g/mol. The third-order valence-corrected chi connectivity index (χ3v) is 13.2. The van der Waals surface area contributed by atoms with Gasteiger partial charge < -0.3 is 4.57 Å². The smallest absolute Gasteiger partial charge is 0.0634 e. The molecule has 11 rings (SSSR count). The number of para-hydroxylation sites is 1. The summed E-state index contributed by atoms with van der Waals surface area (Å²) in [6.45, 7) is 0. The Morgan fingerprint density at radius 3 is 1.78 bits per heavy atom. The maximum atomic E-state index is 2.56. The number of benzene rings is 7. The molecule has 0 amide bonds. The maximum Gasteiger partial charge on any atom is 0.0634 e. The van der Waals surface area contributed by atoms with E-state index in [0.717, 1.165) is 0 Å². The van der Waals surface area contributed by atoms with E-state index in [1.807, 2.05) is 34.0 Å². The normalized spacial score (nSPS) is 12.3. The molecule has 0 bridgehead atoms. The van der Waals surface area contributed by atoms with Crippen LogP contribution in [0.15, 0.2) is 140 Å². The molecule has 4 heteroatoms.